The molecule has 0 fully saturated rings. The molecule has 8 rings (SSSR count). The molecule has 0 bridgehead atoms. The Balaban J connectivity index is 1.09. The van der Waals surface area contributed by atoms with Crippen LogP contribution in [0.2, 0.25) is 0 Å². The fourth-order valence-corrected chi connectivity index (χ4v) is 21.6. The van der Waals surface area contributed by atoms with Crippen molar-refractivity contribution in [1.29, 1.82) is 0 Å². The van der Waals surface area contributed by atoms with Gasteiger partial charge in [-0.2, -0.15) is 25.8 Å². The molecule has 8 aromatic rings. The summed E-state index contributed by atoms with van der Waals surface area (Å²) in [6, 6.07) is 47.4. The topological polar surface area (TPSA) is 317 Å². The largest absolute Gasteiger partial charge is 0.243 e. The van der Waals surface area contributed by atoms with E-state index in [2.05, 4.69) is 9.44 Å². The van der Waals surface area contributed by atoms with Crippen LogP contribution in [0.4, 0.5) is 0 Å². The maximum Gasteiger partial charge on any atom is 0.243 e. The Labute approximate surface area is 615 Å². The molecule has 104 heavy (non-hydrogen) atoms. The van der Waals surface area contributed by atoms with Crippen LogP contribution in [-0.4, -0.2) is 185 Å². The van der Waals surface area contributed by atoms with Crippen LogP contribution >= 0.6 is 0 Å². The number of nitrogens with zero attached hydrogens (tertiary/aromatic N) is 6. The van der Waals surface area contributed by atoms with Crippen molar-refractivity contribution in [2.75, 3.05) is 91.6 Å². The predicted octanol–water partition coefficient (Wildman–Crippen LogP) is 8.34. The van der Waals surface area contributed by atoms with Gasteiger partial charge in [-0.05, 0) is 165 Å². The van der Waals surface area contributed by atoms with Gasteiger partial charge in [0.15, 0.2) is 0 Å². The van der Waals surface area contributed by atoms with Crippen molar-refractivity contribution >= 4 is 80.2 Å². The highest BCUT2D eigenvalue weighted by molar-refractivity contribution is 7.91. The van der Waals surface area contributed by atoms with E-state index in [1.807, 2.05) is 0 Å². The molecule has 8 aromatic carbocycles. The van der Waals surface area contributed by atoms with Crippen molar-refractivity contribution in [2.24, 2.45) is 0 Å². The van der Waals surface area contributed by atoms with Gasteiger partial charge in [0.05, 0.1) is 39.2 Å². The average Bonchev–Trinajstić information content (AvgIpc) is 1.59. The second-order valence-corrected chi connectivity index (χ2v) is 40.6. The maximum atomic E-state index is 15.0. The summed E-state index contributed by atoms with van der Waals surface area (Å²) in [5, 5.41) is 0. The lowest BCUT2D eigenvalue weighted by atomic mass is 10.2. The van der Waals surface area contributed by atoms with Crippen LogP contribution in [0, 0.1) is 55.4 Å². The van der Waals surface area contributed by atoms with Crippen molar-refractivity contribution in [1.82, 2.24) is 35.3 Å². The third kappa shape index (κ3) is 21.4. The van der Waals surface area contributed by atoms with Crippen LogP contribution in [0.25, 0.3) is 0 Å². The molecule has 0 radical (unpaired) electrons. The van der Waals surface area contributed by atoms with Crippen LogP contribution in [-0.2, 0) is 80.2 Å². The Morgan fingerprint density at radius 2 is 0.327 bits per heavy atom. The van der Waals surface area contributed by atoms with E-state index < -0.39 is 159 Å². The summed E-state index contributed by atoms with van der Waals surface area (Å²) in [6.07, 6.45) is -0.163. The van der Waals surface area contributed by atoms with E-state index >= 15 is 16.8 Å². The number of unbranched alkanes of at least 4 members (excludes halogenated alkanes) is 1. The Morgan fingerprint density at radius 1 is 0.192 bits per heavy atom. The zero-order chi connectivity index (χ0) is 76.1. The van der Waals surface area contributed by atoms with Gasteiger partial charge in [-0.1, -0.05) is 142 Å². The molecule has 562 valence electrons. The van der Waals surface area contributed by atoms with E-state index in [9.17, 15) is 50.5 Å². The molecular weight excluding hydrogens is 1490 g/mol. The molecule has 0 saturated heterocycles. The summed E-state index contributed by atoms with van der Waals surface area (Å²) in [6.45, 7) is 7.19. The van der Waals surface area contributed by atoms with E-state index in [1.54, 1.807) is 152 Å². The summed E-state index contributed by atoms with van der Waals surface area (Å²) in [5.41, 5.74) is 5.98. The molecule has 0 aromatic heterocycles. The zero-order valence-electron chi connectivity index (χ0n) is 59.3. The quantitative estimate of drug-likeness (QED) is 0.0342. The van der Waals surface area contributed by atoms with E-state index in [-0.39, 0.29) is 65.1 Å². The van der Waals surface area contributed by atoms with Crippen molar-refractivity contribution in [3.05, 3.63) is 239 Å². The van der Waals surface area contributed by atoms with Crippen molar-refractivity contribution in [2.45, 2.75) is 107 Å². The fourth-order valence-electron chi connectivity index (χ4n) is 10.9. The van der Waals surface area contributed by atoms with Crippen LogP contribution in [0.3, 0.4) is 0 Å². The van der Waals surface area contributed by atoms with Crippen LogP contribution in [0.15, 0.2) is 233 Å². The van der Waals surface area contributed by atoms with Crippen molar-refractivity contribution in [3.8, 4) is 0 Å². The molecule has 0 heterocycles. The number of hydrogen-bond acceptors (Lipinski definition) is 16. The van der Waals surface area contributed by atoms with Gasteiger partial charge in [-0.15, -0.1) is 0 Å². The lowest BCUT2D eigenvalue weighted by Gasteiger charge is -2.30. The summed E-state index contributed by atoms with van der Waals surface area (Å²) in [5.74, 6) is 0. The van der Waals surface area contributed by atoms with Gasteiger partial charge in [-0.25, -0.2) is 76.8 Å². The predicted molar refractivity (Wildman–Crippen MR) is 402 cm³/mol. The second kappa shape index (κ2) is 35.2. The van der Waals surface area contributed by atoms with Crippen LogP contribution in [0.5, 0.6) is 0 Å². The second-order valence-electron chi connectivity index (χ2n) is 25.4. The molecule has 0 unspecified atom stereocenters. The van der Waals surface area contributed by atoms with Gasteiger partial charge in [0.2, 0.25) is 80.2 Å². The smallest absolute Gasteiger partial charge is 0.210 e. The lowest BCUT2D eigenvalue weighted by molar-refractivity contribution is 0.304. The van der Waals surface area contributed by atoms with E-state index in [0.29, 0.717) is 0 Å². The Morgan fingerprint density at radius 3 is 0.490 bits per heavy atom. The minimum atomic E-state index is -4.60. The first-order valence-electron chi connectivity index (χ1n) is 33.4. The SMILES string of the molecule is Cc1ccc(S(=O)(=O)NCCN(CCN(CCN(CCCCN(CCN(CCN(CCNS(=O)(=O)c2ccc(C)cc2)S(=O)(=O)c2ccc(C)cc2)S(=O)(=O)c2ccc(C)cc2)S(=O)(=O)c2ccc(C)cc2)S(=O)(=O)c2ccc(C)cc2)S(=O)(=O)c2ccc(C)cc2)S(=O)(=O)c2ccc(C)cc2)cc1. The molecule has 2 N–H and O–H groups in total. The van der Waals surface area contributed by atoms with Gasteiger partial charge in [-0.3, -0.25) is 0 Å². The van der Waals surface area contributed by atoms with Crippen molar-refractivity contribution < 1.29 is 67.3 Å². The van der Waals surface area contributed by atoms with Crippen molar-refractivity contribution in [3.63, 3.8) is 0 Å². The number of rotatable bonds is 39. The first-order chi connectivity index (χ1) is 48.8. The third-order valence-electron chi connectivity index (χ3n) is 17.4. The monoisotopic (exact) mass is 1580 g/mol. The van der Waals surface area contributed by atoms with Crippen LogP contribution < -0.4 is 9.44 Å². The number of hydrogen-bond donors (Lipinski definition) is 2. The third-order valence-corrected chi connectivity index (χ3v) is 31.8. The molecule has 0 aliphatic heterocycles. The number of sulfonamides is 8. The molecular formula is C72H90N8O16S8. The summed E-state index contributed by atoms with van der Waals surface area (Å²) in [4.78, 5) is -1.17. The van der Waals surface area contributed by atoms with Gasteiger partial charge >= 0.3 is 0 Å². The summed E-state index contributed by atoms with van der Waals surface area (Å²) in [7, 11) is -35.6. The number of nitrogens with one attached hydrogen (secondary N) is 2. The van der Waals surface area contributed by atoms with Crippen LogP contribution in [0.1, 0.15) is 57.3 Å². The minimum absolute atomic E-state index is 0.0683. The first kappa shape index (κ1) is 82.7. The van der Waals surface area contributed by atoms with Gasteiger partial charge in [0, 0.05) is 91.6 Å². The molecule has 0 spiro atoms. The molecule has 0 saturated carbocycles. The molecule has 0 amide bonds. The molecule has 32 heteroatoms. The van der Waals surface area contributed by atoms with Gasteiger partial charge in [0.25, 0.3) is 0 Å². The Kier molecular flexibility index (Phi) is 28.0. The molecule has 24 nitrogen and oxygen atoms in total. The highest BCUT2D eigenvalue weighted by Gasteiger charge is 2.35. The molecule has 0 aliphatic rings. The maximum absolute atomic E-state index is 15.0. The summed E-state index contributed by atoms with van der Waals surface area (Å²) >= 11 is 0. The number of aryl methyl sites for hydroxylation is 8. The van der Waals surface area contributed by atoms with Gasteiger partial charge < -0.3 is 0 Å². The fraction of sp³-hybridized carbons (Fsp3) is 0.333. The highest BCUT2D eigenvalue weighted by Crippen LogP contribution is 2.27. The highest BCUT2D eigenvalue weighted by atomic mass is 32.2. The molecule has 0 atom stereocenters. The van der Waals surface area contributed by atoms with E-state index in [4.69, 9.17) is 0 Å². The van der Waals surface area contributed by atoms with E-state index in [1.165, 1.54) is 97.1 Å². The van der Waals surface area contributed by atoms with E-state index in [0.717, 1.165) is 70.3 Å². The normalized spacial score (nSPS) is 13.1. The Hall–Kier alpha value is -6.96. The van der Waals surface area contributed by atoms with Gasteiger partial charge in [0.1, 0.15) is 0 Å². The summed E-state index contributed by atoms with van der Waals surface area (Å²) < 4.78 is 243. The average molecular weight is 1580 g/mol. The first-order valence-corrected chi connectivity index (χ1v) is 45.0. The zero-order valence-corrected chi connectivity index (χ0v) is 65.8. The lowest BCUT2D eigenvalue weighted by Crippen LogP contribution is -2.47. The Bertz CT molecular complexity index is 4860. The minimum Gasteiger partial charge on any atom is -0.210 e. The molecule has 0 aliphatic carbocycles. The standard InChI is InChI=1S/C72H90N8O16S8/c1-57-11-27-65(28-12-57)97(81,82)73-43-47-77(101(89,90)69-35-19-61(5)20-36-69)51-55-79(103(93,94)71-39-23-63(7)24-40-71)53-49-75(99(85,86)67-31-15-59(3)16-32-67)45-9-10-46-76(100(87,88)68-33-17-60(4)18-34-68)50-54-80(104(95,96)72-41-25-64(8)26-42-72)56-52-78(102(91,92)70-37-21-62(6)22-38-70)48-44-74-98(83,84)66-29-13-58(2)14-30-66/h11-42,73-74H,9-10,43-56H2,1-8H3. The number of benzene rings is 8.